The highest BCUT2D eigenvalue weighted by Crippen LogP contribution is 2.33. The molecule has 1 heterocycles. The Morgan fingerprint density at radius 1 is 1.58 bits per heavy atom. The van der Waals surface area contributed by atoms with Crippen LogP contribution in [0, 0.1) is 0 Å². The molecule has 0 aliphatic carbocycles. The molecular weight excluding hydrogens is 154 g/mol. The average Bonchev–Trinajstić information content (AvgIpc) is 2.47. The van der Waals surface area contributed by atoms with Gasteiger partial charge in [-0.3, -0.25) is 0 Å². The zero-order chi connectivity index (χ0) is 8.55. The molecule has 0 amide bonds. The van der Waals surface area contributed by atoms with Crippen molar-refractivity contribution in [1.82, 2.24) is 0 Å². The minimum Gasteiger partial charge on any atom is -0.497 e. The van der Waals surface area contributed by atoms with Gasteiger partial charge in [-0.25, -0.2) is 0 Å². The molecule has 0 spiro atoms. The van der Waals surface area contributed by atoms with Gasteiger partial charge in [-0.15, -0.1) is 0 Å². The first kappa shape index (κ1) is 7.43. The lowest BCUT2D eigenvalue weighted by molar-refractivity contribution is 0.333. The summed E-state index contributed by atoms with van der Waals surface area (Å²) in [6, 6.07) is 5.68. The van der Waals surface area contributed by atoms with Crippen molar-refractivity contribution in [2.24, 2.45) is 5.73 Å². The Bertz CT molecular complexity index is 299. The van der Waals surface area contributed by atoms with Gasteiger partial charge in [-0.1, -0.05) is 0 Å². The first-order valence-electron chi connectivity index (χ1n) is 3.87. The Balaban J connectivity index is 2.43. The molecule has 1 atom stereocenters. The molecule has 1 aliphatic heterocycles. The van der Waals surface area contributed by atoms with E-state index in [1.807, 2.05) is 18.2 Å². The van der Waals surface area contributed by atoms with Gasteiger partial charge in [0.25, 0.3) is 0 Å². The summed E-state index contributed by atoms with van der Waals surface area (Å²) in [5.41, 5.74) is 6.83. The van der Waals surface area contributed by atoms with Crippen molar-refractivity contribution in [3.63, 3.8) is 0 Å². The van der Waals surface area contributed by atoms with Gasteiger partial charge in [0.15, 0.2) is 0 Å². The van der Waals surface area contributed by atoms with E-state index in [2.05, 4.69) is 0 Å². The van der Waals surface area contributed by atoms with Crippen LogP contribution < -0.4 is 15.2 Å². The van der Waals surface area contributed by atoms with Crippen molar-refractivity contribution in [2.75, 3.05) is 13.7 Å². The second-order valence-corrected chi connectivity index (χ2v) is 2.82. The van der Waals surface area contributed by atoms with Gasteiger partial charge < -0.3 is 15.2 Å². The van der Waals surface area contributed by atoms with Crippen LogP contribution in [0.4, 0.5) is 0 Å². The maximum atomic E-state index is 5.79. The number of benzene rings is 1. The highest BCUT2D eigenvalue weighted by Gasteiger charge is 2.20. The van der Waals surface area contributed by atoms with Crippen LogP contribution in [0.1, 0.15) is 11.6 Å². The molecule has 2 rings (SSSR count). The summed E-state index contributed by atoms with van der Waals surface area (Å²) >= 11 is 0. The van der Waals surface area contributed by atoms with Gasteiger partial charge in [0, 0.05) is 5.56 Å². The van der Waals surface area contributed by atoms with Crippen molar-refractivity contribution in [1.29, 1.82) is 0 Å². The number of rotatable bonds is 1. The molecule has 64 valence electrons. The number of fused-ring (bicyclic) bond motifs is 1. The lowest BCUT2D eigenvalue weighted by Gasteiger charge is -2.03. The van der Waals surface area contributed by atoms with Crippen LogP contribution in [0.2, 0.25) is 0 Å². The van der Waals surface area contributed by atoms with Crippen LogP contribution in [0.15, 0.2) is 18.2 Å². The number of methoxy groups -OCH3 is 1. The number of hydrogen-bond acceptors (Lipinski definition) is 3. The Labute approximate surface area is 71.1 Å². The van der Waals surface area contributed by atoms with Crippen molar-refractivity contribution in [2.45, 2.75) is 6.04 Å². The van der Waals surface area contributed by atoms with Gasteiger partial charge in [-0.2, -0.15) is 0 Å². The lowest BCUT2D eigenvalue weighted by Crippen LogP contribution is -2.10. The summed E-state index contributed by atoms with van der Waals surface area (Å²) in [5.74, 6) is 1.71. The number of ether oxygens (including phenoxy) is 2. The largest absolute Gasteiger partial charge is 0.497 e. The fraction of sp³-hybridized carbons (Fsp3) is 0.333. The van der Waals surface area contributed by atoms with E-state index < -0.39 is 0 Å². The Morgan fingerprint density at radius 2 is 2.42 bits per heavy atom. The van der Waals surface area contributed by atoms with Crippen LogP contribution in [-0.2, 0) is 0 Å². The predicted octanol–water partition coefficient (Wildman–Crippen LogP) is 1.09. The molecule has 0 saturated carbocycles. The molecule has 1 aromatic carbocycles. The second-order valence-electron chi connectivity index (χ2n) is 2.82. The van der Waals surface area contributed by atoms with Gasteiger partial charge in [-0.05, 0) is 18.2 Å². The van der Waals surface area contributed by atoms with Crippen molar-refractivity contribution >= 4 is 0 Å². The molecular formula is C9H11NO2. The molecule has 0 aromatic heterocycles. The summed E-state index contributed by atoms with van der Waals surface area (Å²) in [6.45, 7) is 0.572. The Kier molecular flexibility index (Phi) is 1.66. The maximum absolute atomic E-state index is 5.79. The fourth-order valence-electron chi connectivity index (χ4n) is 1.34. The second kappa shape index (κ2) is 2.68. The van der Waals surface area contributed by atoms with Crippen molar-refractivity contribution < 1.29 is 9.47 Å². The average molecular weight is 165 g/mol. The van der Waals surface area contributed by atoms with Crippen molar-refractivity contribution in [3.05, 3.63) is 23.8 Å². The van der Waals surface area contributed by atoms with E-state index in [9.17, 15) is 0 Å². The smallest absolute Gasteiger partial charge is 0.124 e. The lowest BCUT2D eigenvalue weighted by atomic mass is 10.1. The molecule has 1 aliphatic rings. The quantitative estimate of drug-likeness (QED) is 0.677. The van der Waals surface area contributed by atoms with E-state index in [-0.39, 0.29) is 6.04 Å². The van der Waals surface area contributed by atoms with Gasteiger partial charge in [0.2, 0.25) is 0 Å². The molecule has 12 heavy (non-hydrogen) atoms. The minimum atomic E-state index is -0.00454. The van der Waals surface area contributed by atoms with E-state index >= 15 is 0 Å². The van der Waals surface area contributed by atoms with E-state index in [0.717, 1.165) is 17.1 Å². The number of nitrogens with two attached hydrogens (primary N) is 1. The summed E-state index contributed by atoms with van der Waals surface area (Å²) in [4.78, 5) is 0. The van der Waals surface area contributed by atoms with E-state index in [0.29, 0.717) is 6.61 Å². The maximum Gasteiger partial charge on any atom is 0.124 e. The predicted molar refractivity (Wildman–Crippen MR) is 45.4 cm³/mol. The monoisotopic (exact) mass is 165 g/mol. The third-order valence-corrected chi connectivity index (χ3v) is 2.03. The molecule has 0 saturated heterocycles. The highest BCUT2D eigenvalue weighted by atomic mass is 16.5. The zero-order valence-corrected chi connectivity index (χ0v) is 6.91. The third kappa shape index (κ3) is 1.02. The SMILES string of the molecule is COc1ccc2c(c1)[C@@H](N)CO2. The third-order valence-electron chi connectivity index (χ3n) is 2.03. The van der Waals surface area contributed by atoms with Crippen LogP contribution >= 0.6 is 0 Å². The first-order chi connectivity index (χ1) is 5.81. The summed E-state index contributed by atoms with van der Waals surface area (Å²) in [5, 5.41) is 0. The van der Waals surface area contributed by atoms with E-state index in [4.69, 9.17) is 15.2 Å². The standard InChI is InChI=1S/C9H11NO2/c1-11-6-2-3-9-7(4-6)8(10)5-12-9/h2-4,8H,5,10H2,1H3/t8-/m0/s1. The first-order valence-corrected chi connectivity index (χ1v) is 3.87. The molecule has 0 radical (unpaired) electrons. The normalized spacial score (nSPS) is 20.0. The van der Waals surface area contributed by atoms with Crippen molar-refractivity contribution in [3.8, 4) is 11.5 Å². The molecule has 0 unspecified atom stereocenters. The summed E-state index contributed by atoms with van der Waals surface area (Å²) < 4.78 is 10.4. The number of hydrogen-bond donors (Lipinski definition) is 1. The molecule has 2 N–H and O–H groups in total. The van der Waals surface area contributed by atoms with E-state index in [1.54, 1.807) is 7.11 Å². The Morgan fingerprint density at radius 3 is 3.17 bits per heavy atom. The van der Waals surface area contributed by atoms with Gasteiger partial charge >= 0.3 is 0 Å². The van der Waals surface area contributed by atoms with Crippen LogP contribution in [-0.4, -0.2) is 13.7 Å². The van der Waals surface area contributed by atoms with Gasteiger partial charge in [0.1, 0.15) is 18.1 Å². The molecule has 1 aromatic rings. The molecule has 0 bridgehead atoms. The van der Waals surface area contributed by atoms with Gasteiger partial charge in [0.05, 0.1) is 13.2 Å². The molecule has 3 heteroatoms. The Hall–Kier alpha value is -1.22. The summed E-state index contributed by atoms with van der Waals surface area (Å²) in [7, 11) is 1.64. The van der Waals surface area contributed by atoms with Crippen LogP contribution in [0.25, 0.3) is 0 Å². The zero-order valence-electron chi connectivity index (χ0n) is 6.91. The topological polar surface area (TPSA) is 44.5 Å². The highest BCUT2D eigenvalue weighted by molar-refractivity contribution is 5.44. The molecule has 3 nitrogen and oxygen atoms in total. The van der Waals surface area contributed by atoms with Crippen LogP contribution in [0.5, 0.6) is 11.5 Å². The van der Waals surface area contributed by atoms with E-state index in [1.165, 1.54) is 0 Å². The minimum absolute atomic E-state index is 0.00454. The fourth-order valence-corrected chi connectivity index (χ4v) is 1.34. The summed E-state index contributed by atoms with van der Waals surface area (Å²) in [6.07, 6.45) is 0. The molecule has 0 fully saturated rings. The van der Waals surface area contributed by atoms with Crippen LogP contribution in [0.3, 0.4) is 0 Å².